The molecule has 0 saturated carbocycles. The van der Waals surface area contributed by atoms with E-state index in [1.54, 1.807) is 55.6 Å². The molecule has 1 amide bonds. The third kappa shape index (κ3) is 5.25. The fourth-order valence-electron chi connectivity index (χ4n) is 2.69. The van der Waals surface area contributed by atoms with Gasteiger partial charge < -0.3 is 4.74 Å². The molecule has 1 N–H and O–H groups in total. The highest BCUT2D eigenvalue weighted by Gasteiger charge is 2.20. The van der Waals surface area contributed by atoms with Crippen LogP contribution < -0.4 is 14.5 Å². The Morgan fingerprint density at radius 2 is 1.97 bits per heavy atom. The Kier molecular flexibility index (Phi) is 6.53. The number of amides is 1. The number of sulfonamides is 1. The number of rotatable bonds is 7. The van der Waals surface area contributed by atoms with Crippen molar-refractivity contribution in [2.45, 2.75) is 0 Å². The van der Waals surface area contributed by atoms with Crippen molar-refractivity contribution in [3.05, 3.63) is 65.3 Å². The molecule has 0 fully saturated rings. The van der Waals surface area contributed by atoms with Gasteiger partial charge in [-0.2, -0.15) is 5.10 Å². The Balaban J connectivity index is 1.73. The van der Waals surface area contributed by atoms with E-state index in [1.165, 1.54) is 6.21 Å². The summed E-state index contributed by atoms with van der Waals surface area (Å²) < 4.78 is 30.3. The number of halogens is 1. The number of pyridine rings is 1. The summed E-state index contributed by atoms with van der Waals surface area (Å²) in [5, 5.41) is 4.90. The van der Waals surface area contributed by atoms with Gasteiger partial charge in [-0.15, -0.1) is 0 Å². The van der Waals surface area contributed by atoms with Crippen LogP contribution in [0.25, 0.3) is 10.9 Å². The van der Waals surface area contributed by atoms with Crippen molar-refractivity contribution in [1.82, 2.24) is 10.4 Å². The molecule has 1 heterocycles. The van der Waals surface area contributed by atoms with E-state index in [9.17, 15) is 13.2 Å². The molecule has 1 aromatic heterocycles. The second-order valence-electron chi connectivity index (χ2n) is 6.33. The number of carbonyl (C=O) groups is 1. The van der Waals surface area contributed by atoms with E-state index in [0.29, 0.717) is 22.5 Å². The number of methoxy groups -OCH3 is 1. The summed E-state index contributed by atoms with van der Waals surface area (Å²) in [5.41, 5.74) is 3.86. The number of ether oxygens (including phenoxy) is 1. The van der Waals surface area contributed by atoms with E-state index >= 15 is 0 Å². The van der Waals surface area contributed by atoms with Gasteiger partial charge in [0, 0.05) is 17.0 Å². The topological polar surface area (TPSA) is 101 Å². The monoisotopic (exact) mass is 446 g/mol. The van der Waals surface area contributed by atoms with Gasteiger partial charge in [-0.25, -0.2) is 18.8 Å². The number of aromatic nitrogens is 1. The lowest BCUT2D eigenvalue weighted by Crippen LogP contribution is -2.38. The first-order chi connectivity index (χ1) is 14.3. The van der Waals surface area contributed by atoms with Crippen LogP contribution in [0.15, 0.2) is 59.7 Å². The molecule has 8 nitrogen and oxygen atoms in total. The fraction of sp³-hybridized carbons (Fsp3) is 0.150. The molecule has 0 unspecified atom stereocenters. The van der Waals surface area contributed by atoms with Crippen LogP contribution in [-0.4, -0.2) is 45.4 Å². The maximum atomic E-state index is 12.2. The van der Waals surface area contributed by atoms with E-state index in [4.69, 9.17) is 16.3 Å². The molecule has 10 heteroatoms. The highest BCUT2D eigenvalue weighted by Crippen LogP contribution is 2.23. The van der Waals surface area contributed by atoms with Gasteiger partial charge in [0.2, 0.25) is 10.0 Å². The molecular weight excluding hydrogens is 428 g/mol. The third-order valence-electron chi connectivity index (χ3n) is 4.13. The van der Waals surface area contributed by atoms with Gasteiger partial charge in [0.05, 0.1) is 30.8 Å². The summed E-state index contributed by atoms with van der Waals surface area (Å²) in [6, 6.07) is 15.5. The Morgan fingerprint density at radius 1 is 1.23 bits per heavy atom. The zero-order chi connectivity index (χ0) is 21.7. The SMILES string of the molecule is COc1ccc2cc(C=NNC(=O)CN(c3ccccc3)S(C)(=O)=O)c(Cl)nc2c1. The zero-order valence-electron chi connectivity index (χ0n) is 16.2. The summed E-state index contributed by atoms with van der Waals surface area (Å²) in [7, 11) is -2.08. The number of para-hydroxylation sites is 1. The maximum absolute atomic E-state index is 12.2. The van der Waals surface area contributed by atoms with Crippen LogP contribution in [0.5, 0.6) is 5.75 Å². The van der Waals surface area contributed by atoms with Gasteiger partial charge in [-0.1, -0.05) is 29.8 Å². The van der Waals surface area contributed by atoms with E-state index in [0.717, 1.165) is 15.9 Å². The molecule has 0 saturated heterocycles. The van der Waals surface area contributed by atoms with Crippen LogP contribution in [0.1, 0.15) is 5.56 Å². The predicted octanol–water partition coefficient (Wildman–Crippen LogP) is 2.81. The summed E-state index contributed by atoms with van der Waals surface area (Å²) in [4.78, 5) is 16.5. The van der Waals surface area contributed by atoms with Gasteiger partial charge in [-0.3, -0.25) is 9.10 Å². The highest BCUT2D eigenvalue weighted by molar-refractivity contribution is 7.92. The first-order valence-corrected chi connectivity index (χ1v) is 11.0. The summed E-state index contributed by atoms with van der Waals surface area (Å²) in [6.45, 7) is -0.413. The minimum Gasteiger partial charge on any atom is -0.497 e. The van der Waals surface area contributed by atoms with Crippen molar-refractivity contribution in [3.63, 3.8) is 0 Å². The number of anilines is 1. The molecule has 0 spiro atoms. The van der Waals surface area contributed by atoms with Gasteiger partial charge in [0.15, 0.2) is 0 Å². The number of fused-ring (bicyclic) bond motifs is 1. The molecule has 0 aliphatic rings. The Bertz CT molecular complexity index is 1200. The summed E-state index contributed by atoms with van der Waals surface area (Å²) >= 11 is 6.19. The van der Waals surface area contributed by atoms with Crippen LogP contribution in [0, 0.1) is 0 Å². The van der Waals surface area contributed by atoms with Crippen LogP contribution >= 0.6 is 11.6 Å². The number of carbonyl (C=O) groups excluding carboxylic acids is 1. The average molecular weight is 447 g/mol. The van der Waals surface area contributed by atoms with E-state index < -0.39 is 22.5 Å². The lowest BCUT2D eigenvalue weighted by atomic mass is 10.1. The second kappa shape index (κ2) is 9.10. The number of hydrogen-bond acceptors (Lipinski definition) is 6. The Labute approximate surface area is 179 Å². The first kappa shape index (κ1) is 21.5. The maximum Gasteiger partial charge on any atom is 0.260 e. The molecule has 156 valence electrons. The van der Waals surface area contributed by atoms with Gasteiger partial charge in [0.25, 0.3) is 5.91 Å². The fourth-order valence-corrected chi connectivity index (χ4v) is 3.74. The molecule has 2 aromatic carbocycles. The van der Waals surface area contributed by atoms with E-state index in [-0.39, 0.29) is 5.15 Å². The predicted molar refractivity (Wildman–Crippen MR) is 118 cm³/mol. The van der Waals surface area contributed by atoms with Crippen LogP contribution in [0.2, 0.25) is 5.15 Å². The number of hydrazone groups is 1. The number of hydrogen-bond donors (Lipinski definition) is 1. The van der Waals surface area contributed by atoms with Crippen LogP contribution in [0.3, 0.4) is 0 Å². The lowest BCUT2D eigenvalue weighted by Gasteiger charge is -2.21. The third-order valence-corrected chi connectivity index (χ3v) is 5.57. The van der Waals surface area contributed by atoms with Crippen LogP contribution in [-0.2, 0) is 14.8 Å². The van der Waals surface area contributed by atoms with Gasteiger partial charge >= 0.3 is 0 Å². The molecule has 3 aromatic rings. The minimum atomic E-state index is -3.65. The van der Waals surface area contributed by atoms with Crippen LogP contribution in [0.4, 0.5) is 5.69 Å². The molecule has 30 heavy (non-hydrogen) atoms. The average Bonchev–Trinajstić information content (AvgIpc) is 2.71. The van der Waals surface area contributed by atoms with Crippen molar-refractivity contribution in [2.75, 3.05) is 24.2 Å². The molecule has 0 aliphatic heterocycles. The first-order valence-electron chi connectivity index (χ1n) is 8.77. The molecular formula is C20H19ClN4O4S. The lowest BCUT2D eigenvalue weighted by molar-refractivity contribution is -0.119. The molecule has 0 aliphatic carbocycles. The number of nitrogens with one attached hydrogen (secondary N) is 1. The van der Waals surface area contributed by atoms with Crippen molar-refractivity contribution in [1.29, 1.82) is 0 Å². The molecule has 0 atom stereocenters. The molecule has 0 bridgehead atoms. The minimum absolute atomic E-state index is 0.204. The largest absolute Gasteiger partial charge is 0.497 e. The van der Waals surface area contributed by atoms with Gasteiger partial charge in [-0.05, 0) is 30.3 Å². The second-order valence-corrected chi connectivity index (χ2v) is 8.59. The van der Waals surface area contributed by atoms with Crippen molar-refractivity contribution in [2.24, 2.45) is 5.10 Å². The summed E-state index contributed by atoms with van der Waals surface area (Å²) in [5.74, 6) is 0.0590. The Hall–Kier alpha value is -3.17. The normalized spacial score (nSPS) is 11.6. The smallest absolute Gasteiger partial charge is 0.260 e. The number of nitrogens with zero attached hydrogens (tertiary/aromatic N) is 3. The zero-order valence-corrected chi connectivity index (χ0v) is 17.8. The van der Waals surface area contributed by atoms with E-state index in [2.05, 4.69) is 15.5 Å². The standard InChI is InChI=1S/C20H19ClN4O4S/c1-29-17-9-8-14-10-15(20(21)23-18(14)11-17)12-22-24-19(26)13-25(30(2,27)28)16-6-4-3-5-7-16/h3-12H,13H2,1-2H3,(H,24,26). The van der Waals surface area contributed by atoms with Gasteiger partial charge in [0.1, 0.15) is 17.4 Å². The number of benzene rings is 2. The van der Waals surface area contributed by atoms with Crippen molar-refractivity contribution in [3.8, 4) is 5.75 Å². The quantitative estimate of drug-likeness (QED) is 0.341. The molecule has 0 radical (unpaired) electrons. The van der Waals surface area contributed by atoms with Crippen molar-refractivity contribution >= 4 is 50.3 Å². The highest BCUT2D eigenvalue weighted by atomic mass is 35.5. The van der Waals surface area contributed by atoms with E-state index in [1.807, 2.05) is 6.07 Å². The Morgan fingerprint density at radius 3 is 2.63 bits per heavy atom. The summed E-state index contributed by atoms with van der Waals surface area (Å²) in [6.07, 6.45) is 2.39. The van der Waals surface area contributed by atoms with Crippen molar-refractivity contribution < 1.29 is 17.9 Å². The molecule has 3 rings (SSSR count).